The molecule has 2 aromatic carbocycles. The van der Waals surface area contributed by atoms with E-state index in [9.17, 15) is 4.79 Å². The molecule has 19 heavy (non-hydrogen) atoms. The molecule has 0 bridgehead atoms. The lowest BCUT2D eigenvalue weighted by Gasteiger charge is -2.11. The molecule has 0 radical (unpaired) electrons. The molecule has 0 N–H and O–H groups in total. The van der Waals surface area contributed by atoms with Crippen LogP contribution in [0.2, 0.25) is 5.02 Å². The molecule has 0 aliphatic heterocycles. The Balaban J connectivity index is 2.26. The van der Waals surface area contributed by atoms with Gasteiger partial charge in [0.05, 0.1) is 0 Å². The third-order valence-corrected chi connectivity index (χ3v) is 3.15. The molecule has 0 fully saturated rings. The van der Waals surface area contributed by atoms with Gasteiger partial charge in [-0.2, -0.15) is 12.6 Å². The average molecular weight is 293 g/mol. The van der Waals surface area contributed by atoms with Crippen LogP contribution in [0.25, 0.3) is 0 Å². The lowest BCUT2D eigenvalue weighted by molar-refractivity contribution is -0.116. The molecule has 0 atom stereocenters. The molecule has 0 spiro atoms. The van der Waals surface area contributed by atoms with Crippen LogP contribution in [0.4, 0.5) is 0 Å². The molecule has 0 aromatic heterocycles. The smallest absolute Gasteiger partial charge is 0.146 e. The number of rotatable bonds is 5. The van der Waals surface area contributed by atoms with Crippen LogP contribution in [0.15, 0.2) is 48.5 Å². The summed E-state index contributed by atoms with van der Waals surface area (Å²) >= 11 is 9.94. The van der Waals surface area contributed by atoms with Crippen molar-refractivity contribution in [3.8, 4) is 11.5 Å². The lowest BCUT2D eigenvalue weighted by atomic mass is 10.1. The highest BCUT2D eigenvalue weighted by Crippen LogP contribution is 2.28. The molecule has 0 unspecified atom stereocenters. The Kier molecular flexibility index (Phi) is 4.88. The summed E-state index contributed by atoms with van der Waals surface area (Å²) in [7, 11) is 0. The molecular weight excluding hydrogens is 280 g/mol. The van der Waals surface area contributed by atoms with Crippen molar-refractivity contribution >= 4 is 30.0 Å². The fourth-order valence-electron chi connectivity index (χ4n) is 1.67. The van der Waals surface area contributed by atoms with Gasteiger partial charge in [0.15, 0.2) is 0 Å². The van der Waals surface area contributed by atoms with Gasteiger partial charge in [-0.25, -0.2) is 0 Å². The van der Waals surface area contributed by atoms with E-state index in [1.165, 1.54) is 0 Å². The summed E-state index contributed by atoms with van der Waals surface area (Å²) in [6, 6.07) is 14.7. The molecule has 2 rings (SSSR count). The third kappa shape index (κ3) is 4.01. The number of Topliss-reactive ketones (excluding diaryl/α,β-unsaturated/α-hetero) is 1. The van der Waals surface area contributed by atoms with E-state index in [1.807, 2.05) is 30.3 Å². The van der Waals surface area contributed by atoms with Crippen molar-refractivity contribution in [2.75, 3.05) is 5.75 Å². The molecule has 0 amide bonds. The van der Waals surface area contributed by atoms with Crippen LogP contribution in [0.1, 0.15) is 5.56 Å². The largest absolute Gasteiger partial charge is 0.457 e. The Hall–Kier alpha value is -1.45. The van der Waals surface area contributed by atoms with Crippen LogP contribution in [-0.4, -0.2) is 11.5 Å². The summed E-state index contributed by atoms with van der Waals surface area (Å²) in [6.07, 6.45) is 0.270. The van der Waals surface area contributed by atoms with Gasteiger partial charge in [-0.15, -0.1) is 0 Å². The maximum Gasteiger partial charge on any atom is 0.146 e. The van der Waals surface area contributed by atoms with Crippen LogP contribution in [0.5, 0.6) is 11.5 Å². The van der Waals surface area contributed by atoms with Crippen molar-refractivity contribution in [3.05, 3.63) is 59.1 Å². The van der Waals surface area contributed by atoms with Gasteiger partial charge < -0.3 is 4.74 Å². The van der Waals surface area contributed by atoms with E-state index in [4.69, 9.17) is 16.3 Å². The normalized spacial score (nSPS) is 10.2. The maximum atomic E-state index is 11.5. The molecule has 0 aliphatic rings. The van der Waals surface area contributed by atoms with Crippen molar-refractivity contribution in [3.63, 3.8) is 0 Å². The predicted octanol–water partition coefficient (Wildman–Crippen LogP) is 4.17. The van der Waals surface area contributed by atoms with E-state index in [0.717, 1.165) is 11.3 Å². The monoisotopic (exact) mass is 292 g/mol. The van der Waals surface area contributed by atoms with Gasteiger partial charge in [0.1, 0.15) is 17.3 Å². The number of halogens is 1. The number of ketones is 1. The standard InChI is InChI=1S/C15H13ClO2S/c16-12-6-7-15(11(8-12)9-13(17)10-19)18-14-4-2-1-3-5-14/h1-8,19H,9-10H2. The Labute approximate surface area is 122 Å². The summed E-state index contributed by atoms with van der Waals surface area (Å²) in [5, 5.41) is 0.586. The topological polar surface area (TPSA) is 26.3 Å². The highest BCUT2D eigenvalue weighted by molar-refractivity contribution is 7.81. The molecule has 2 nitrogen and oxygen atoms in total. The lowest BCUT2D eigenvalue weighted by Crippen LogP contribution is -2.05. The van der Waals surface area contributed by atoms with Crippen molar-refractivity contribution in [2.24, 2.45) is 0 Å². The van der Waals surface area contributed by atoms with Crippen LogP contribution >= 0.6 is 24.2 Å². The molecule has 0 saturated carbocycles. The van der Waals surface area contributed by atoms with Crippen molar-refractivity contribution in [1.82, 2.24) is 0 Å². The number of ether oxygens (including phenoxy) is 1. The molecule has 0 saturated heterocycles. The molecule has 4 heteroatoms. The molecule has 0 heterocycles. The Bertz CT molecular complexity index is 570. The first-order chi connectivity index (χ1) is 9.19. The number of hydrogen-bond donors (Lipinski definition) is 1. The number of benzene rings is 2. The Morgan fingerprint density at radius 2 is 1.89 bits per heavy atom. The van der Waals surface area contributed by atoms with Crippen molar-refractivity contribution in [2.45, 2.75) is 6.42 Å². The van der Waals surface area contributed by atoms with E-state index in [1.54, 1.807) is 18.2 Å². The number of carbonyl (C=O) groups is 1. The first-order valence-corrected chi connectivity index (χ1v) is 6.84. The zero-order valence-electron chi connectivity index (χ0n) is 10.2. The summed E-state index contributed by atoms with van der Waals surface area (Å²) < 4.78 is 5.77. The second kappa shape index (κ2) is 6.64. The highest BCUT2D eigenvalue weighted by atomic mass is 35.5. The molecule has 98 valence electrons. The fraction of sp³-hybridized carbons (Fsp3) is 0.133. The third-order valence-electron chi connectivity index (χ3n) is 2.56. The van der Waals surface area contributed by atoms with Crippen molar-refractivity contribution < 1.29 is 9.53 Å². The number of hydrogen-bond acceptors (Lipinski definition) is 3. The van der Waals surface area contributed by atoms with Gasteiger partial charge in [0.2, 0.25) is 0 Å². The molecule has 2 aromatic rings. The van der Waals surface area contributed by atoms with Gasteiger partial charge in [-0.3, -0.25) is 4.79 Å². The summed E-state index contributed by atoms with van der Waals surface area (Å²) in [5.41, 5.74) is 0.774. The predicted molar refractivity (Wildman–Crippen MR) is 80.5 cm³/mol. The van der Waals surface area contributed by atoms with E-state index in [0.29, 0.717) is 10.8 Å². The number of thiol groups is 1. The maximum absolute atomic E-state index is 11.5. The minimum absolute atomic E-state index is 0.0310. The SMILES string of the molecule is O=C(CS)Cc1cc(Cl)ccc1Oc1ccccc1. The first kappa shape index (κ1) is 14.0. The minimum atomic E-state index is 0.0310. The number of para-hydroxylation sites is 1. The second-order valence-electron chi connectivity index (χ2n) is 4.04. The van der Waals surface area contributed by atoms with Crippen LogP contribution in [0.3, 0.4) is 0 Å². The minimum Gasteiger partial charge on any atom is -0.457 e. The quantitative estimate of drug-likeness (QED) is 0.837. The summed E-state index contributed by atoms with van der Waals surface area (Å²) in [6.45, 7) is 0. The van der Waals surface area contributed by atoms with Crippen molar-refractivity contribution in [1.29, 1.82) is 0 Å². The van der Waals surface area contributed by atoms with Gasteiger partial charge >= 0.3 is 0 Å². The van der Waals surface area contributed by atoms with E-state index >= 15 is 0 Å². The number of carbonyl (C=O) groups excluding carboxylic acids is 1. The Morgan fingerprint density at radius 1 is 1.16 bits per heavy atom. The van der Waals surface area contributed by atoms with Gasteiger partial charge in [-0.1, -0.05) is 29.8 Å². The zero-order valence-corrected chi connectivity index (χ0v) is 11.8. The molecular formula is C15H13ClO2S. The van der Waals surface area contributed by atoms with E-state index < -0.39 is 0 Å². The fourth-order valence-corrected chi connectivity index (χ4v) is 1.98. The van der Waals surface area contributed by atoms with Crippen LogP contribution < -0.4 is 4.74 Å². The Morgan fingerprint density at radius 3 is 2.58 bits per heavy atom. The van der Waals surface area contributed by atoms with E-state index in [-0.39, 0.29) is 18.0 Å². The molecule has 0 aliphatic carbocycles. The van der Waals surface area contributed by atoms with Gasteiger partial charge in [-0.05, 0) is 30.3 Å². The van der Waals surface area contributed by atoms with Crippen LogP contribution in [0, 0.1) is 0 Å². The summed E-state index contributed by atoms with van der Waals surface area (Å²) in [4.78, 5) is 11.5. The van der Waals surface area contributed by atoms with Gasteiger partial charge in [0.25, 0.3) is 0 Å². The summed E-state index contributed by atoms with van der Waals surface area (Å²) in [5.74, 6) is 1.61. The van der Waals surface area contributed by atoms with E-state index in [2.05, 4.69) is 12.6 Å². The second-order valence-corrected chi connectivity index (χ2v) is 4.79. The van der Waals surface area contributed by atoms with Crippen LogP contribution in [-0.2, 0) is 11.2 Å². The zero-order chi connectivity index (χ0) is 13.7. The first-order valence-electron chi connectivity index (χ1n) is 5.83. The van der Waals surface area contributed by atoms with Gasteiger partial charge in [0, 0.05) is 22.8 Å². The average Bonchev–Trinajstić information content (AvgIpc) is 2.43. The highest BCUT2D eigenvalue weighted by Gasteiger charge is 2.10.